The normalized spacial score (nSPS) is 19.1. The molecule has 208 valence electrons. The average Bonchev–Trinajstić information content (AvgIpc) is 3.55. The highest BCUT2D eigenvalue weighted by molar-refractivity contribution is 7.15. The van der Waals surface area contributed by atoms with Crippen LogP contribution in [0.3, 0.4) is 0 Å². The predicted molar refractivity (Wildman–Crippen MR) is 146 cm³/mol. The van der Waals surface area contributed by atoms with Crippen LogP contribution in [-0.2, 0) is 17.5 Å². The molecule has 2 aromatic carbocycles. The fourth-order valence-corrected chi connectivity index (χ4v) is 6.15. The van der Waals surface area contributed by atoms with Crippen LogP contribution in [0.5, 0.6) is 0 Å². The number of piperidine rings is 1. The number of alkyl halides is 3. The molecule has 1 amide bonds. The Bertz CT molecular complexity index is 1670. The summed E-state index contributed by atoms with van der Waals surface area (Å²) in [5, 5.41) is 4.51. The fraction of sp³-hybridized carbons (Fsp3) is 0.333. The Morgan fingerprint density at radius 3 is 2.70 bits per heavy atom. The van der Waals surface area contributed by atoms with E-state index in [2.05, 4.69) is 15.3 Å². The van der Waals surface area contributed by atoms with E-state index in [1.165, 1.54) is 0 Å². The summed E-state index contributed by atoms with van der Waals surface area (Å²) in [6.45, 7) is 2.78. The summed E-state index contributed by atoms with van der Waals surface area (Å²) in [6.07, 6.45) is -2.83. The summed E-state index contributed by atoms with van der Waals surface area (Å²) in [5.41, 5.74) is 1.87. The Morgan fingerprint density at radius 2 is 1.98 bits per heavy atom. The number of hydrogen-bond donors (Lipinski definition) is 1. The van der Waals surface area contributed by atoms with E-state index in [1.807, 2.05) is 12.1 Å². The Labute approximate surface area is 235 Å². The number of anilines is 1. The first kappa shape index (κ1) is 26.6. The largest absolute Gasteiger partial charge is 0.447 e. The third-order valence-electron chi connectivity index (χ3n) is 7.26. The number of hydrogen-bond acceptors (Lipinski definition) is 7. The molecule has 0 unspecified atom stereocenters. The molecule has 4 aromatic rings. The van der Waals surface area contributed by atoms with Gasteiger partial charge >= 0.3 is 12.3 Å². The first-order valence-electron chi connectivity index (χ1n) is 12.6. The second-order valence-corrected chi connectivity index (χ2v) is 11.4. The van der Waals surface area contributed by atoms with Crippen molar-refractivity contribution >= 4 is 45.6 Å². The predicted octanol–water partition coefficient (Wildman–Crippen LogP) is 5.94. The lowest BCUT2D eigenvalue weighted by Gasteiger charge is -2.33. The quantitative estimate of drug-likeness (QED) is 0.310. The number of ether oxygens (including phenoxy) is 1. The van der Waals surface area contributed by atoms with Gasteiger partial charge in [-0.1, -0.05) is 23.7 Å². The molecule has 2 aromatic heterocycles. The number of carbonyl (C=O) groups excluding carboxylic acids is 1. The minimum absolute atomic E-state index is 0.0831. The first-order valence-corrected chi connectivity index (χ1v) is 13.8. The summed E-state index contributed by atoms with van der Waals surface area (Å²) < 4.78 is 46.9. The Kier molecular flexibility index (Phi) is 6.70. The van der Waals surface area contributed by atoms with Gasteiger partial charge in [0.15, 0.2) is 0 Å². The van der Waals surface area contributed by atoms with Gasteiger partial charge in [-0.25, -0.2) is 14.8 Å². The van der Waals surface area contributed by atoms with E-state index in [0.717, 1.165) is 11.8 Å². The number of aryl methyl sites for hydroxylation is 1. The number of amides is 1. The minimum atomic E-state index is -4.52. The maximum atomic E-state index is 13.7. The first-order chi connectivity index (χ1) is 19.1. The number of thiazole rings is 1. The van der Waals surface area contributed by atoms with Gasteiger partial charge in [0.05, 0.1) is 29.7 Å². The third kappa shape index (κ3) is 5.01. The Hall–Kier alpha value is -3.64. The number of cyclic esters (lactones) is 1. The standard InChI is InChI=1S/C27H23ClF3N5O3S/c1-14-33-22-9-19(24-32-11-23(40-24)27(29,30)31)21(34-17-6-7-35-18(8-17)13-39-26(35)38)10-20(22)25(37)36(14)12-15-2-4-16(28)5-3-15/h2-5,9-11,17-18,34H,6-8,12-13H2,1H3/t17-,18-/m0/s1. The van der Waals surface area contributed by atoms with E-state index in [-0.39, 0.29) is 35.3 Å². The maximum Gasteiger partial charge on any atom is 0.427 e. The van der Waals surface area contributed by atoms with Crippen molar-refractivity contribution in [3.05, 3.63) is 74.2 Å². The molecule has 4 heterocycles. The monoisotopic (exact) mass is 589 g/mol. The van der Waals surface area contributed by atoms with Crippen molar-refractivity contribution < 1.29 is 22.7 Å². The molecule has 0 bridgehead atoms. The lowest BCUT2D eigenvalue weighted by molar-refractivity contribution is -0.134. The molecule has 2 aliphatic heterocycles. The molecule has 2 saturated heterocycles. The second kappa shape index (κ2) is 10.1. The van der Waals surface area contributed by atoms with Gasteiger partial charge in [0.2, 0.25) is 0 Å². The van der Waals surface area contributed by atoms with Gasteiger partial charge in [0, 0.05) is 28.9 Å². The highest BCUT2D eigenvalue weighted by Gasteiger charge is 2.38. The molecule has 0 radical (unpaired) electrons. The number of nitrogens with one attached hydrogen (secondary N) is 1. The molecule has 0 saturated carbocycles. The SMILES string of the molecule is Cc1nc2cc(-c3ncc(C(F)(F)F)s3)c(N[C@H]3CCN4C(=O)OC[C@@H]4C3)cc2c(=O)n1Cc1ccc(Cl)cc1. The van der Waals surface area contributed by atoms with Gasteiger partial charge in [-0.15, -0.1) is 11.3 Å². The van der Waals surface area contributed by atoms with E-state index in [9.17, 15) is 22.8 Å². The lowest BCUT2D eigenvalue weighted by Crippen LogP contribution is -2.45. The van der Waals surface area contributed by atoms with Crippen LogP contribution in [0.1, 0.15) is 29.1 Å². The van der Waals surface area contributed by atoms with Crippen molar-refractivity contribution in [2.45, 2.75) is 44.6 Å². The highest BCUT2D eigenvalue weighted by Crippen LogP contribution is 2.40. The van der Waals surface area contributed by atoms with Crippen LogP contribution >= 0.6 is 22.9 Å². The topological polar surface area (TPSA) is 89.4 Å². The maximum absolute atomic E-state index is 13.7. The van der Waals surface area contributed by atoms with E-state index >= 15 is 0 Å². The van der Waals surface area contributed by atoms with Crippen LogP contribution in [-0.4, -0.2) is 50.8 Å². The smallest absolute Gasteiger partial charge is 0.427 e. The zero-order chi connectivity index (χ0) is 28.2. The zero-order valence-electron chi connectivity index (χ0n) is 21.2. The van der Waals surface area contributed by atoms with Crippen LogP contribution < -0.4 is 10.9 Å². The minimum Gasteiger partial charge on any atom is -0.447 e. The molecule has 13 heteroatoms. The molecule has 2 atom stereocenters. The summed E-state index contributed by atoms with van der Waals surface area (Å²) in [6, 6.07) is 10.3. The molecule has 0 spiro atoms. The van der Waals surface area contributed by atoms with Crippen LogP contribution in [0.25, 0.3) is 21.5 Å². The molecule has 2 aliphatic rings. The van der Waals surface area contributed by atoms with E-state index in [4.69, 9.17) is 16.3 Å². The molecule has 1 N–H and O–H groups in total. The lowest BCUT2D eigenvalue weighted by atomic mass is 9.97. The van der Waals surface area contributed by atoms with Crippen molar-refractivity contribution in [1.29, 1.82) is 0 Å². The molecule has 40 heavy (non-hydrogen) atoms. The Morgan fingerprint density at radius 1 is 1.20 bits per heavy atom. The number of rotatable bonds is 5. The number of carbonyl (C=O) groups is 1. The highest BCUT2D eigenvalue weighted by atomic mass is 35.5. The van der Waals surface area contributed by atoms with Gasteiger partial charge in [0.1, 0.15) is 22.3 Å². The third-order valence-corrected chi connectivity index (χ3v) is 8.59. The number of fused-ring (bicyclic) bond motifs is 2. The van der Waals surface area contributed by atoms with Crippen molar-refractivity contribution in [2.75, 3.05) is 18.5 Å². The van der Waals surface area contributed by atoms with Gasteiger partial charge in [-0.05, 0) is 49.6 Å². The van der Waals surface area contributed by atoms with Gasteiger partial charge in [-0.3, -0.25) is 9.36 Å². The van der Waals surface area contributed by atoms with Crippen LogP contribution in [0, 0.1) is 6.92 Å². The summed E-state index contributed by atoms with van der Waals surface area (Å²) in [5.74, 6) is 0.465. The molecule has 6 rings (SSSR count). The van der Waals surface area contributed by atoms with Crippen LogP contribution in [0.4, 0.5) is 23.7 Å². The second-order valence-electron chi connectivity index (χ2n) is 9.91. The number of halogens is 4. The molecule has 0 aliphatic carbocycles. The van der Waals surface area contributed by atoms with Gasteiger partial charge in [0.25, 0.3) is 5.56 Å². The molecular formula is C27H23ClF3N5O3S. The van der Waals surface area contributed by atoms with E-state index in [0.29, 0.717) is 70.3 Å². The molecule has 2 fully saturated rings. The average molecular weight is 590 g/mol. The van der Waals surface area contributed by atoms with Crippen molar-refractivity contribution in [2.24, 2.45) is 0 Å². The van der Waals surface area contributed by atoms with E-state index in [1.54, 1.807) is 40.7 Å². The molecular weight excluding hydrogens is 567 g/mol. The van der Waals surface area contributed by atoms with E-state index < -0.39 is 11.1 Å². The molecule has 8 nitrogen and oxygen atoms in total. The van der Waals surface area contributed by atoms with Crippen LogP contribution in [0.2, 0.25) is 5.02 Å². The van der Waals surface area contributed by atoms with Crippen molar-refractivity contribution in [3.8, 4) is 10.6 Å². The summed E-state index contributed by atoms with van der Waals surface area (Å²) in [7, 11) is 0. The zero-order valence-corrected chi connectivity index (χ0v) is 22.7. The van der Waals surface area contributed by atoms with Crippen LogP contribution in [0.15, 0.2) is 47.4 Å². The van der Waals surface area contributed by atoms with Crippen molar-refractivity contribution in [1.82, 2.24) is 19.4 Å². The fourth-order valence-electron chi connectivity index (χ4n) is 5.21. The summed E-state index contributed by atoms with van der Waals surface area (Å²) >= 11 is 6.54. The Balaban J connectivity index is 1.42. The van der Waals surface area contributed by atoms with Crippen molar-refractivity contribution in [3.63, 3.8) is 0 Å². The number of benzene rings is 2. The number of aromatic nitrogens is 3. The van der Waals surface area contributed by atoms with Gasteiger partial charge in [-0.2, -0.15) is 13.2 Å². The van der Waals surface area contributed by atoms with Gasteiger partial charge < -0.3 is 15.0 Å². The summed E-state index contributed by atoms with van der Waals surface area (Å²) in [4.78, 5) is 35.2. The number of nitrogens with zero attached hydrogens (tertiary/aromatic N) is 4.